The maximum atomic E-state index is 6.24. The van der Waals surface area contributed by atoms with Gasteiger partial charge in [-0.2, -0.15) is 5.10 Å². The standard InChI is InChI=1S/C16H23ClN4/c1-4-7-18-10-12-8-16(19-11-15(12)17)21-14(6-3)9-13(5-2)20-21/h8-9,11,18H,4-7,10H2,1-3H3. The molecule has 4 nitrogen and oxygen atoms in total. The van der Waals surface area contributed by atoms with Crippen LogP contribution in [0.5, 0.6) is 0 Å². The number of rotatable bonds is 7. The van der Waals surface area contributed by atoms with Gasteiger partial charge in [0, 0.05) is 18.4 Å². The largest absolute Gasteiger partial charge is 0.313 e. The number of hydrogen-bond donors (Lipinski definition) is 1. The van der Waals surface area contributed by atoms with E-state index >= 15 is 0 Å². The Morgan fingerprint density at radius 1 is 1.19 bits per heavy atom. The zero-order valence-corrected chi connectivity index (χ0v) is 13.7. The van der Waals surface area contributed by atoms with E-state index in [4.69, 9.17) is 11.6 Å². The molecule has 21 heavy (non-hydrogen) atoms. The molecule has 5 heteroatoms. The van der Waals surface area contributed by atoms with Gasteiger partial charge in [0.2, 0.25) is 0 Å². The number of pyridine rings is 1. The van der Waals surface area contributed by atoms with Gasteiger partial charge >= 0.3 is 0 Å². The van der Waals surface area contributed by atoms with Gasteiger partial charge in [-0.05, 0) is 43.5 Å². The van der Waals surface area contributed by atoms with Crippen LogP contribution in [0.4, 0.5) is 0 Å². The minimum atomic E-state index is 0.697. The molecule has 1 N–H and O–H groups in total. The Bertz CT molecular complexity index is 592. The van der Waals surface area contributed by atoms with Crippen LogP contribution >= 0.6 is 11.6 Å². The Kier molecular flexibility index (Phi) is 5.76. The molecular weight excluding hydrogens is 284 g/mol. The number of halogens is 1. The second-order valence-electron chi connectivity index (χ2n) is 5.06. The molecule has 0 aliphatic heterocycles. The highest BCUT2D eigenvalue weighted by Crippen LogP contribution is 2.19. The first-order valence-corrected chi connectivity index (χ1v) is 8.00. The highest BCUT2D eigenvalue weighted by atomic mass is 35.5. The first-order chi connectivity index (χ1) is 10.2. The normalized spacial score (nSPS) is 11.0. The third-order valence-corrected chi connectivity index (χ3v) is 3.78. The van der Waals surface area contributed by atoms with Crippen molar-refractivity contribution in [2.45, 2.75) is 46.6 Å². The van der Waals surface area contributed by atoms with E-state index in [9.17, 15) is 0 Å². The Balaban J connectivity index is 2.31. The van der Waals surface area contributed by atoms with E-state index in [1.165, 1.54) is 5.69 Å². The highest BCUT2D eigenvalue weighted by molar-refractivity contribution is 6.31. The third kappa shape index (κ3) is 3.83. The van der Waals surface area contributed by atoms with Crippen molar-refractivity contribution in [3.63, 3.8) is 0 Å². The topological polar surface area (TPSA) is 42.7 Å². The van der Waals surface area contributed by atoms with E-state index in [0.29, 0.717) is 5.02 Å². The van der Waals surface area contributed by atoms with Gasteiger partial charge in [0.1, 0.15) is 0 Å². The van der Waals surface area contributed by atoms with Gasteiger partial charge < -0.3 is 5.32 Å². The first kappa shape index (κ1) is 16.0. The van der Waals surface area contributed by atoms with Crippen LogP contribution in [0.25, 0.3) is 5.82 Å². The maximum Gasteiger partial charge on any atom is 0.154 e. The van der Waals surface area contributed by atoms with E-state index in [1.807, 2.05) is 10.7 Å². The van der Waals surface area contributed by atoms with Crippen LogP contribution in [-0.4, -0.2) is 21.3 Å². The molecule has 0 bridgehead atoms. The van der Waals surface area contributed by atoms with Gasteiger partial charge in [-0.25, -0.2) is 9.67 Å². The second kappa shape index (κ2) is 7.57. The lowest BCUT2D eigenvalue weighted by Gasteiger charge is -2.09. The van der Waals surface area contributed by atoms with E-state index < -0.39 is 0 Å². The molecule has 0 spiro atoms. The van der Waals surface area contributed by atoms with Crippen LogP contribution in [0.1, 0.15) is 44.1 Å². The Morgan fingerprint density at radius 3 is 2.67 bits per heavy atom. The fourth-order valence-electron chi connectivity index (χ4n) is 2.22. The summed E-state index contributed by atoms with van der Waals surface area (Å²) in [7, 11) is 0. The molecule has 0 atom stereocenters. The van der Waals surface area contributed by atoms with Gasteiger partial charge in [-0.3, -0.25) is 0 Å². The number of hydrogen-bond acceptors (Lipinski definition) is 3. The second-order valence-corrected chi connectivity index (χ2v) is 5.46. The molecule has 2 aromatic rings. The molecule has 0 fully saturated rings. The van der Waals surface area contributed by atoms with Gasteiger partial charge in [0.05, 0.1) is 10.7 Å². The quantitative estimate of drug-likeness (QED) is 0.796. The minimum Gasteiger partial charge on any atom is -0.313 e. The molecule has 0 aromatic carbocycles. The van der Waals surface area contributed by atoms with E-state index in [0.717, 1.165) is 49.4 Å². The molecule has 114 valence electrons. The maximum absolute atomic E-state index is 6.24. The lowest BCUT2D eigenvalue weighted by molar-refractivity contribution is 0.673. The predicted molar refractivity (Wildman–Crippen MR) is 87.1 cm³/mol. The van der Waals surface area contributed by atoms with E-state index in [-0.39, 0.29) is 0 Å². The zero-order valence-electron chi connectivity index (χ0n) is 13.0. The van der Waals surface area contributed by atoms with Gasteiger partial charge in [-0.15, -0.1) is 0 Å². The van der Waals surface area contributed by atoms with Crippen LogP contribution < -0.4 is 5.32 Å². The summed E-state index contributed by atoms with van der Waals surface area (Å²) in [6.45, 7) is 8.13. The number of nitrogens with zero attached hydrogens (tertiary/aromatic N) is 3. The highest BCUT2D eigenvalue weighted by Gasteiger charge is 2.10. The predicted octanol–water partition coefficient (Wildman–Crippen LogP) is 3.55. The van der Waals surface area contributed by atoms with Crippen LogP contribution in [0.3, 0.4) is 0 Å². The van der Waals surface area contributed by atoms with Crippen molar-refractivity contribution < 1.29 is 0 Å². The summed E-state index contributed by atoms with van der Waals surface area (Å²) < 4.78 is 1.93. The first-order valence-electron chi connectivity index (χ1n) is 7.62. The van der Waals surface area contributed by atoms with Crippen molar-refractivity contribution in [3.8, 4) is 5.82 Å². The molecule has 2 rings (SSSR count). The van der Waals surface area contributed by atoms with Gasteiger partial charge in [-0.1, -0.05) is 32.4 Å². The molecule has 0 radical (unpaired) electrons. The lowest BCUT2D eigenvalue weighted by atomic mass is 10.2. The summed E-state index contributed by atoms with van der Waals surface area (Å²) in [4.78, 5) is 4.43. The zero-order chi connectivity index (χ0) is 15.2. The van der Waals surface area contributed by atoms with Crippen LogP contribution in [-0.2, 0) is 19.4 Å². The van der Waals surface area contributed by atoms with E-state index in [1.54, 1.807) is 6.20 Å². The summed E-state index contributed by atoms with van der Waals surface area (Å²) in [5, 5.41) is 8.70. The number of nitrogens with one attached hydrogen (secondary N) is 1. The fraction of sp³-hybridized carbons (Fsp3) is 0.500. The Hall–Kier alpha value is -1.39. The summed E-state index contributed by atoms with van der Waals surface area (Å²) in [5.74, 6) is 0.837. The monoisotopic (exact) mass is 306 g/mol. The summed E-state index contributed by atoms with van der Waals surface area (Å²) >= 11 is 6.24. The smallest absolute Gasteiger partial charge is 0.154 e. The summed E-state index contributed by atoms with van der Waals surface area (Å²) in [6.07, 6.45) is 4.68. The average molecular weight is 307 g/mol. The van der Waals surface area contributed by atoms with Crippen LogP contribution in [0, 0.1) is 0 Å². The van der Waals surface area contributed by atoms with Gasteiger partial charge in [0.15, 0.2) is 5.82 Å². The molecule has 0 aliphatic rings. The minimum absolute atomic E-state index is 0.697. The molecular formula is C16H23ClN4. The van der Waals surface area contributed by atoms with Crippen molar-refractivity contribution in [2.75, 3.05) is 6.54 Å². The van der Waals surface area contributed by atoms with Crippen molar-refractivity contribution in [1.82, 2.24) is 20.1 Å². The molecule has 0 amide bonds. The number of aromatic nitrogens is 3. The number of aryl methyl sites for hydroxylation is 2. The van der Waals surface area contributed by atoms with Crippen molar-refractivity contribution >= 4 is 11.6 Å². The molecule has 2 aromatic heterocycles. The van der Waals surface area contributed by atoms with E-state index in [2.05, 4.69) is 42.2 Å². The summed E-state index contributed by atoms with van der Waals surface area (Å²) in [5.41, 5.74) is 3.33. The molecule has 2 heterocycles. The van der Waals surface area contributed by atoms with Crippen molar-refractivity contribution in [2.24, 2.45) is 0 Å². The van der Waals surface area contributed by atoms with Gasteiger partial charge in [0.25, 0.3) is 0 Å². The van der Waals surface area contributed by atoms with Crippen molar-refractivity contribution in [3.05, 3.63) is 40.3 Å². The molecule has 0 aliphatic carbocycles. The fourth-order valence-corrected chi connectivity index (χ4v) is 2.39. The Labute approximate surface area is 131 Å². The van der Waals surface area contributed by atoms with Crippen molar-refractivity contribution in [1.29, 1.82) is 0 Å². The summed E-state index contributed by atoms with van der Waals surface area (Å²) in [6, 6.07) is 4.17. The third-order valence-electron chi connectivity index (χ3n) is 3.44. The van der Waals surface area contributed by atoms with Crippen LogP contribution in [0.2, 0.25) is 5.02 Å². The average Bonchev–Trinajstić information content (AvgIpc) is 2.93. The molecule has 0 saturated carbocycles. The Morgan fingerprint density at radius 2 is 2.00 bits per heavy atom. The molecule has 0 saturated heterocycles. The SMILES string of the molecule is CCCNCc1cc(-n2nc(CC)cc2CC)ncc1Cl. The van der Waals surface area contributed by atoms with Crippen LogP contribution in [0.15, 0.2) is 18.3 Å². The molecule has 0 unspecified atom stereocenters. The lowest BCUT2D eigenvalue weighted by Crippen LogP contribution is -2.15.